The van der Waals surface area contributed by atoms with Gasteiger partial charge in [-0.15, -0.1) is 0 Å². The maximum atomic E-state index is 11.9. The van der Waals surface area contributed by atoms with E-state index in [9.17, 15) is 15.0 Å². The van der Waals surface area contributed by atoms with Crippen molar-refractivity contribution in [3.63, 3.8) is 0 Å². The molecular formula is C19H20NO4. The van der Waals surface area contributed by atoms with Gasteiger partial charge in [-0.05, 0) is 38.9 Å². The number of nitrogens with zero attached hydrogens (tertiary/aromatic N) is 1. The normalized spacial score (nSPS) is 38.6. The molecule has 5 rings (SSSR count). The number of aliphatic hydroxyl groups excluding tert-OH is 1. The van der Waals surface area contributed by atoms with Crippen molar-refractivity contribution in [1.82, 2.24) is 4.90 Å². The van der Waals surface area contributed by atoms with Crippen LogP contribution in [0.3, 0.4) is 0 Å². The van der Waals surface area contributed by atoms with Gasteiger partial charge in [0, 0.05) is 29.0 Å². The summed E-state index contributed by atoms with van der Waals surface area (Å²) in [6, 6.07) is 3.48. The van der Waals surface area contributed by atoms with Crippen LogP contribution in [-0.2, 0) is 11.8 Å². The molecule has 0 aromatic heterocycles. The second-order valence-corrected chi connectivity index (χ2v) is 7.57. The number of ether oxygens (including phenoxy) is 1. The Hall–Kier alpha value is -1.85. The molecule has 1 radical (unpaired) electrons. The zero-order valence-electron chi connectivity index (χ0n) is 13.7. The first kappa shape index (κ1) is 14.5. The van der Waals surface area contributed by atoms with Crippen molar-refractivity contribution in [2.45, 2.75) is 43.4 Å². The molecule has 125 valence electrons. The highest BCUT2D eigenvalue weighted by molar-refractivity contribution is 5.98. The smallest absolute Gasteiger partial charge is 0.169 e. The number of likely N-dealkylation sites (tertiary alicyclic amines) is 1. The minimum atomic E-state index is -0.705. The fourth-order valence-electron chi connectivity index (χ4n) is 5.47. The zero-order valence-corrected chi connectivity index (χ0v) is 13.7. The molecule has 1 fully saturated rings. The maximum absolute atomic E-state index is 11.9. The summed E-state index contributed by atoms with van der Waals surface area (Å²) in [6.45, 7) is 2.36. The van der Waals surface area contributed by atoms with E-state index >= 15 is 0 Å². The number of aliphatic hydroxyl groups is 1. The van der Waals surface area contributed by atoms with E-state index in [4.69, 9.17) is 4.74 Å². The number of piperidine rings is 1. The molecule has 0 unspecified atom stereocenters. The number of likely N-dealkylation sites (N-methyl/N-ethyl adjacent to an activating group) is 1. The first-order valence-electron chi connectivity index (χ1n) is 8.51. The first-order valence-corrected chi connectivity index (χ1v) is 8.51. The van der Waals surface area contributed by atoms with E-state index in [-0.39, 0.29) is 28.4 Å². The summed E-state index contributed by atoms with van der Waals surface area (Å²) in [7, 11) is 2.12. The molecule has 2 N–H and O–H groups in total. The van der Waals surface area contributed by atoms with Gasteiger partial charge in [-0.3, -0.25) is 4.79 Å². The number of carbonyl (C=O) groups is 1. The molecule has 2 aliphatic heterocycles. The minimum absolute atomic E-state index is 0.117. The Morgan fingerprint density at radius 3 is 3.00 bits per heavy atom. The number of phenolic OH excluding ortho intramolecular Hbond substituents is 1. The number of ketones is 1. The van der Waals surface area contributed by atoms with Gasteiger partial charge in [0.15, 0.2) is 17.3 Å². The molecule has 0 amide bonds. The third kappa shape index (κ3) is 1.46. The van der Waals surface area contributed by atoms with Crippen LogP contribution in [0.5, 0.6) is 11.5 Å². The Labute approximate surface area is 140 Å². The van der Waals surface area contributed by atoms with Crippen molar-refractivity contribution in [2.75, 3.05) is 13.6 Å². The number of aromatic hydroxyl groups is 1. The van der Waals surface area contributed by atoms with E-state index in [1.165, 1.54) is 6.92 Å². The van der Waals surface area contributed by atoms with Gasteiger partial charge < -0.3 is 19.8 Å². The molecule has 2 heterocycles. The molecule has 5 atom stereocenters. The molecule has 4 aliphatic rings. The molecule has 2 bridgehead atoms. The molecule has 24 heavy (non-hydrogen) atoms. The summed E-state index contributed by atoms with van der Waals surface area (Å²) in [5.74, 6) is 0.305. The molecule has 1 aromatic rings. The SMILES string of the molecule is CC(=O)c1[c]c2c3c(c1O)O[C@H]1[C@@H](O)C=C[C@H]4[C@@H](C2)N(C)CC[C@@]341. The van der Waals surface area contributed by atoms with Crippen LogP contribution in [0.2, 0.25) is 0 Å². The summed E-state index contributed by atoms with van der Waals surface area (Å²) in [5.41, 5.74) is 1.82. The molecule has 1 spiro atoms. The van der Waals surface area contributed by atoms with Gasteiger partial charge in [0.2, 0.25) is 0 Å². The lowest BCUT2D eigenvalue weighted by Crippen LogP contribution is -2.64. The number of Topliss-reactive ketones (excluding diaryl/α,β-unsaturated/α-hetero) is 1. The number of rotatable bonds is 1. The summed E-state index contributed by atoms with van der Waals surface area (Å²) in [4.78, 5) is 14.3. The average molecular weight is 326 g/mol. The highest BCUT2D eigenvalue weighted by Crippen LogP contribution is 2.62. The highest BCUT2D eigenvalue weighted by atomic mass is 16.5. The van der Waals surface area contributed by atoms with Crippen molar-refractivity contribution >= 4 is 5.78 Å². The Morgan fingerprint density at radius 2 is 2.25 bits per heavy atom. The predicted octanol–water partition coefficient (Wildman–Crippen LogP) is 1.20. The molecular weight excluding hydrogens is 306 g/mol. The van der Waals surface area contributed by atoms with Gasteiger partial charge in [-0.2, -0.15) is 0 Å². The van der Waals surface area contributed by atoms with Crippen LogP contribution in [0, 0.1) is 12.0 Å². The van der Waals surface area contributed by atoms with Crippen molar-refractivity contribution in [3.05, 3.63) is 34.9 Å². The van der Waals surface area contributed by atoms with E-state index in [0.29, 0.717) is 11.8 Å². The molecule has 0 saturated carbocycles. The van der Waals surface area contributed by atoms with Crippen molar-refractivity contribution in [3.8, 4) is 11.5 Å². The Balaban J connectivity index is 1.84. The second-order valence-electron chi connectivity index (χ2n) is 7.57. The highest BCUT2D eigenvalue weighted by Gasteiger charge is 2.64. The van der Waals surface area contributed by atoms with E-state index < -0.39 is 12.2 Å². The zero-order chi connectivity index (χ0) is 16.8. The Kier molecular flexibility index (Phi) is 2.66. The molecule has 5 nitrogen and oxygen atoms in total. The van der Waals surface area contributed by atoms with Gasteiger partial charge in [-0.25, -0.2) is 0 Å². The van der Waals surface area contributed by atoms with E-state index in [2.05, 4.69) is 24.1 Å². The lowest BCUT2D eigenvalue weighted by Gasteiger charge is -2.56. The molecule has 2 aliphatic carbocycles. The van der Waals surface area contributed by atoms with E-state index in [0.717, 1.165) is 30.5 Å². The van der Waals surface area contributed by atoms with Crippen molar-refractivity contribution in [1.29, 1.82) is 0 Å². The van der Waals surface area contributed by atoms with Gasteiger partial charge in [0.25, 0.3) is 0 Å². The maximum Gasteiger partial charge on any atom is 0.169 e. The first-order chi connectivity index (χ1) is 11.4. The van der Waals surface area contributed by atoms with Crippen molar-refractivity contribution in [2.24, 2.45) is 5.92 Å². The monoisotopic (exact) mass is 326 g/mol. The summed E-state index contributed by atoms with van der Waals surface area (Å²) in [6.07, 6.45) is 4.48. The number of hydrogen-bond donors (Lipinski definition) is 2. The van der Waals surface area contributed by atoms with Gasteiger partial charge in [-0.1, -0.05) is 12.2 Å². The van der Waals surface area contributed by atoms with Crippen molar-refractivity contribution < 1.29 is 19.7 Å². The predicted molar refractivity (Wildman–Crippen MR) is 86.4 cm³/mol. The lowest BCUT2D eigenvalue weighted by molar-refractivity contribution is -0.0453. The number of carbonyl (C=O) groups excluding carboxylic acids is 1. The molecule has 1 aromatic carbocycles. The number of benzene rings is 1. The summed E-state index contributed by atoms with van der Waals surface area (Å²) in [5, 5.41) is 21.1. The molecule has 1 saturated heterocycles. The van der Waals surface area contributed by atoms with Crippen LogP contribution in [0.1, 0.15) is 34.8 Å². The topological polar surface area (TPSA) is 70.0 Å². The van der Waals surface area contributed by atoms with E-state index in [1.807, 2.05) is 6.08 Å². The lowest BCUT2D eigenvalue weighted by atomic mass is 9.53. The van der Waals surface area contributed by atoms with Crippen LogP contribution >= 0.6 is 0 Å². The largest absolute Gasteiger partial charge is 0.504 e. The van der Waals surface area contributed by atoms with Crippen LogP contribution in [0.4, 0.5) is 0 Å². The Morgan fingerprint density at radius 1 is 1.46 bits per heavy atom. The van der Waals surface area contributed by atoms with Gasteiger partial charge >= 0.3 is 0 Å². The van der Waals surface area contributed by atoms with Gasteiger partial charge in [0.1, 0.15) is 12.2 Å². The second kappa shape index (κ2) is 4.41. The van der Waals surface area contributed by atoms with Gasteiger partial charge in [0.05, 0.1) is 5.56 Å². The Bertz CT molecular complexity index is 801. The third-order valence-electron chi connectivity index (χ3n) is 6.52. The standard InChI is InChI=1S/C19H20NO4/c1-9(21)11-7-10-8-13-12-3-4-14(22)18-19(12,5-6-20(13)2)15(10)17(24-18)16(11)23/h3-4,12-14,18,22-23H,5-6,8H2,1-2H3/t12-,13+,14-,18-,19-/m0/s1. The summed E-state index contributed by atoms with van der Waals surface area (Å²) >= 11 is 0. The van der Waals surface area contributed by atoms with E-state index in [1.54, 1.807) is 0 Å². The van der Waals surface area contributed by atoms with Crippen LogP contribution in [-0.4, -0.2) is 52.7 Å². The fourth-order valence-corrected chi connectivity index (χ4v) is 5.47. The minimum Gasteiger partial charge on any atom is -0.504 e. The summed E-state index contributed by atoms with van der Waals surface area (Å²) < 4.78 is 6.11. The number of phenols is 1. The molecule has 5 heteroatoms. The third-order valence-corrected chi connectivity index (χ3v) is 6.52. The van der Waals surface area contributed by atoms with Crippen LogP contribution in [0.25, 0.3) is 0 Å². The van der Waals surface area contributed by atoms with Crippen LogP contribution in [0.15, 0.2) is 12.2 Å². The average Bonchev–Trinajstić information content (AvgIpc) is 2.90. The fraction of sp³-hybridized carbons (Fsp3) is 0.526. The van der Waals surface area contributed by atoms with Crippen LogP contribution < -0.4 is 4.74 Å². The quantitative estimate of drug-likeness (QED) is 0.599. The number of hydrogen-bond acceptors (Lipinski definition) is 5.